The Bertz CT molecular complexity index is 816. The zero-order chi connectivity index (χ0) is 16.4. The molecule has 0 saturated carbocycles. The standard InChI is InChI=1S/C18H23FN4/c1-4-17-12(3)16-7-15(19)6-14(18(16)22-17)10-20-8-13-9-21-23(5-2)11-13/h6-7,9,11,20,22H,4-5,8,10H2,1-3H3. The van der Waals surface area contributed by atoms with Crippen LogP contribution in [0.4, 0.5) is 4.39 Å². The topological polar surface area (TPSA) is 45.6 Å². The molecule has 4 nitrogen and oxygen atoms in total. The molecule has 23 heavy (non-hydrogen) atoms. The van der Waals surface area contributed by atoms with Gasteiger partial charge in [-0.2, -0.15) is 5.10 Å². The van der Waals surface area contributed by atoms with Gasteiger partial charge in [-0.15, -0.1) is 0 Å². The first kappa shape index (κ1) is 15.7. The van der Waals surface area contributed by atoms with E-state index in [-0.39, 0.29) is 5.82 Å². The third kappa shape index (κ3) is 3.15. The third-order valence-corrected chi connectivity index (χ3v) is 4.33. The monoisotopic (exact) mass is 314 g/mol. The fraction of sp³-hybridized carbons (Fsp3) is 0.389. The van der Waals surface area contributed by atoms with Crippen LogP contribution in [-0.2, 0) is 26.1 Å². The number of hydrogen-bond donors (Lipinski definition) is 2. The van der Waals surface area contributed by atoms with Gasteiger partial charge in [0.25, 0.3) is 0 Å². The summed E-state index contributed by atoms with van der Waals surface area (Å²) in [6.07, 6.45) is 4.82. The molecule has 0 atom stereocenters. The van der Waals surface area contributed by atoms with Crippen molar-refractivity contribution in [3.8, 4) is 0 Å². The maximum absolute atomic E-state index is 13.9. The van der Waals surface area contributed by atoms with Crippen LogP contribution in [0.1, 0.15) is 36.2 Å². The number of halogens is 1. The second-order valence-corrected chi connectivity index (χ2v) is 5.88. The summed E-state index contributed by atoms with van der Waals surface area (Å²) >= 11 is 0. The van der Waals surface area contributed by atoms with E-state index in [1.807, 2.05) is 24.0 Å². The molecule has 0 radical (unpaired) electrons. The van der Waals surface area contributed by atoms with Gasteiger partial charge >= 0.3 is 0 Å². The molecule has 2 N–H and O–H groups in total. The Morgan fingerprint density at radius 1 is 1.26 bits per heavy atom. The van der Waals surface area contributed by atoms with E-state index in [9.17, 15) is 4.39 Å². The zero-order valence-electron chi connectivity index (χ0n) is 13.9. The molecule has 0 aliphatic rings. The first-order valence-corrected chi connectivity index (χ1v) is 8.14. The lowest BCUT2D eigenvalue weighted by molar-refractivity contribution is 0.622. The van der Waals surface area contributed by atoms with E-state index in [0.29, 0.717) is 6.54 Å². The summed E-state index contributed by atoms with van der Waals surface area (Å²) in [5, 5.41) is 8.63. The average Bonchev–Trinajstić information content (AvgIpc) is 3.12. The van der Waals surface area contributed by atoms with Crippen LogP contribution in [0.3, 0.4) is 0 Å². The summed E-state index contributed by atoms with van der Waals surface area (Å²) in [5.41, 5.74) is 5.46. The minimum Gasteiger partial charge on any atom is -0.358 e. The summed E-state index contributed by atoms with van der Waals surface area (Å²) in [6, 6.07) is 3.23. The van der Waals surface area contributed by atoms with E-state index in [2.05, 4.69) is 29.2 Å². The van der Waals surface area contributed by atoms with Crippen LogP contribution < -0.4 is 5.32 Å². The van der Waals surface area contributed by atoms with E-state index in [0.717, 1.165) is 47.1 Å². The lowest BCUT2D eigenvalue weighted by atomic mass is 10.1. The highest BCUT2D eigenvalue weighted by molar-refractivity contribution is 5.87. The molecular formula is C18H23FN4. The molecule has 0 saturated heterocycles. The molecule has 2 heterocycles. The number of aromatic nitrogens is 3. The van der Waals surface area contributed by atoms with E-state index < -0.39 is 0 Å². The first-order valence-electron chi connectivity index (χ1n) is 8.14. The Balaban J connectivity index is 1.79. The predicted molar refractivity (Wildman–Crippen MR) is 90.8 cm³/mol. The molecule has 1 aromatic carbocycles. The van der Waals surface area contributed by atoms with Crippen molar-refractivity contribution in [1.82, 2.24) is 20.1 Å². The highest BCUT2D eigenvalue weighted by atomic mass is 19.1. The van der Waals surface area contributed by atoms with Crippen LogP contribution in [0.15, 0.2) is 24.5 Å². The molecule has 0 aliphatic heterocycles. The van der Waals surface area contributed by atoms with Crippen molar-refractivity contribution in [2.45, 2.75) is 46.8 Å². The minimum atomic E-state index is -0.183. The Hall–Kier alpha value is -2.14. The number of H-pyrrole nitrogens is 1. The Morgan fingerprint density at radius 3 is 2.78 bits per heavy atom. The molecule has 0 bridgehead atoms. The van der Waals surface area contributed by atoms with Crippen molar-refractivity contribution >= 4 is 10.9 Å². The maximum Gasteiger partial charge on any atom is 0.124 e. The van der Waals surface area contributed by atoms with Crippen LogP contribution in [0.2, 0.25) is 0 Å². The zero-order valence-corrected chi connectivity index (χ0v) is 13.9. The lowest BCUT2D eigenvalue weighted by Crippen LogP contribution is -2.13. The van der Waals surface area contributed by atoms with Crippen molar-refractivity contribution in [3.05, 3.63) is 52.7 Å². The molecule has 5 heteroatoms. The van der Waals surface area contributed by atoms with E-state index in [4.69, 9.17) is 0 Å². The van der Waals surface area contributed by atoms with Crippen LogP contribution in [0, 0.1) is 12.7 Å². The SMILES string of the molecule is CCc1[nH]c2c(CNCc3cnn(CC)c3)cc(F)cc2c1C. The predicted octanol–water partition coefficient (Wildman–Crippen LogP) is 3.68. The second kappa shape index (κ2) is 6.54. The smallest absolute Gasteiger partial charge is 0.124 e. The molecule has 3 aromatic rings. The van der Waals surface area contributed by atoms with E-state index in [1.54, 1.807) is 12.1 Å². The van der Waals surface area contributed by atoms with E-state index in [1.165, 1.54) is 5.69 Å². The van der Waals surface area contributed by atoms with Gasteiger partial charge in [0.15, 0.2) is 0 Å². The summed E-state index contributed by atoms with van der Waals surface area (Å²) in [7, 11) is 0. The molecule has 0 amide bonds. The van der Waals surface area contributed by atoms with Gasteiger partial charge in [0.1, 0.15) is 5.82 Å². The highest BCUT2D eigenvalue weighted by Crippen LogP contribution is 2.26. The number of hydrogen-bond acceptors (Lipinski definition) is 2. The number of nitrogens with zero attached hydrogens (tertiary/aromatic N) is 2. The third-order valence-electron chi connectivity index (χ3n) is 4.33. The fourth-order valence-corrected chi connectivity index (χ4v) is 3.02. The van der Waals surface area contributed by atoms with Gasteiger partial charge in [0, 0.05) is 42.5 Å². The largest absolute Gasteiger partial charge is 0.358 e. The number of fused-ring (bicyclic) bond motifs is 1. The minimum absolute atomic E-state index is 0.183. The quantitative estimate of drug-likeness (QED) is 0.729. The number of benzene rings is 1. The van der Waals surface area contributed by atoms with E-state index >= 15 is 0 Å². The molecule has 0 fully saturated rings. The maximum atomic E-state index is 13.9. The van der Waals surface area contributed by atoms with Crippen LogP contribution in [0.5, 0.6) is 0 Å². The Labute approximate surface area is 135 Å². The Kier molecular flexibility index (Phi) is 4.48. The van der Waals surface area contributed by atoms with Gasteiger partial charge < -0.3 is 10.3 Å². The molecule has 122 valence electrons. The van der Waals surface area contributed by atoms with Gasteiger partial charge in [-0.25, -0.2) is 4.39 Å². The van der Waals surface area contributed by atoms with Gasteiger partial charge in [-0.1, -0.05) is 6.92 Å². The fourth-order valence-electron chi connectivity index (χ4n) is 3.02. The first-order chi connectivity index (χ1) is 11.1. The molecule has 3 rings (SSSR count). The molecule has 0 unspecified atom stereocenters. The normalized spacial score (nSPS) is 11.5. The van der Waals surface area contributed by atoms with Gasteiger partial charge in [-0.3, -0.25) is 4.68 Å². The number of nitrogens with one attached hydrogen (secondary N) is 2. The molecular weight excluding hydrogens is 291 g/mol. The Morgan fingerprint density at radius 2 is 2.09 bits per heavy atom. The van der Waals surface area contributed by atoms with Crippen molar-refractivity contribution < 1.29 is 4.39 Å². The van der Waals surface area contributed by atoms with Crippen LogP contribution in [-0.4, -0.2) is 14.8 Å². The van der Waals surface area contributed by atoms with Crippen molar-refractivity contribution in [3.63, 3.8) is 0 Å². The summed E-state index contributed by atoms with van der Waals surface area (Å²) in [4.78, 5) is 3.45. The molecule has 0 aliphatic carbocycles. The van der Waals surface area contributed by atoms with Crippen molar-refractivity contribution in [1.29, 1.82) is 0 Å². The summed E-state index contributed by atoms with van der Waals surface area (Å²) in [5.74, 6) is -0.183. The van der Waals surface area contributed by atoms with Gasteiger partial charge in [-0.05, 0) is 43.5 Å². The molecule has 2 aromatic heterocycles. The van der Waals surface area contributed by atoms with Crippen LogP contribution >= 0.6 is 0 Å². The van der Waals surface area contributed by atoms with Gasteiger partial charge in [0.05, 0.1) is 11.7 Å². The number of aryl methyl sites for hydroxylation is 3. The summed E-state index contributed by atoms with van der Waals surface area (Å²) in [6.45, 7) is 8.43. The van der Waals surface area contributed by atoms with Gasteiger partial charge in [0.2, 0.25) is 0 Å². The van der Waals surface area contributed by atoms with Crippen molar-refractivity contribution in [2.24, 2.45) is 0 Å². The highest BCUT2D eigenvalue weighted by Gasteiger charge is 2.11. The number of rotatable bonds is 6. The van der Waals surface area contributed by atoms with Crippen molar-refractivity contribution in [2.75, 3.05) is 0 Å². The van der Waals surface area contributed by atoms with Crippen LogP contribution in [0.25, 0.3) is 10.9 Å². The summed E-state index contributed by atoms with van der Waals surface area (Å²) < 4.78 is 15.8. The lowest BCUT2D eigenvalue weighted by Gasteiger charge is -2.06. The average molecular weight is 314 g/mol. The number of aromatic amines is 1. The second-order valence-electron chi connectivity index (χ2n) is 5.88. The molecule has 0 spiro atoms.